The van der Waals surface area contributed by atoms with E-state index < -0.39 is 6.10 Å². The summed E-state index contributed by atoms with van der Waals surface area (Å²) in [7, 11) is 0. The van der Waals surface area contributed by atoms with Crippen LogP contribution in [0.1, 0.15) is 45.6 Å². The van der Waals surface area contributed by atoms with Crippen molar-refractivity contribution in [1.29, 1.82) is 0 Å². The molecule has 4 heteroatoms. The minimum atomic E-state index is -0.451. The van der Waals surface area contributed by atoms with Crippen molar-refractivity contribution in [3.8, 4) is 5.75 Å². The first-order valence-electron chi connectivity index (χ1n) is 8.88. The highest BCUT2D eigenvalue weighted by molar-refractivity contribution is 5.35. The fourth-order valence-electron chi connectivity index (χ4n) is 3.37. The molecule has 0 saturated carbocycles. The van der Waals surface area contributed by atoms with Crippen LogP contribution in [-0.2, 0) is 4.74 Å². The Labute approximate surface area is 140 Å². The van der Waals surface area contributed by atoms with Crippen molar-refractivity contribution in [2.75, 3.05) is 26.2 Å². The van der Waals surface area contributed by atoms with Gasteiger partial charge < -0.3 is 19.5 Å². The number of benzene rings is 1. The maximum absolute atomic E-state index is 10.3. The molecule has 1 aliphatic rings. The van der Waals surface area contributed by atoms with Gasteiger partial charge in [-0.2, -0.15) is 0 Å². The standard InChI is InChI=1S/C19H31NO3/c1-5-14(2)18-8-6-7-9-19(18)22-13-17(21)12-20-10-15(3)23-16(4)11-20/h6-9,14-17,21H,5,10-13H2,1-4H3/p+1/t14-,15-,16+,17+/m0/s1. The summed E-state index contributed by atoms with van der Waals surface area (Å²) in [6, 6.07) is 8.15. The van der Waals surface area contributed by atoms with Crippen LogP contribution in [-0.4, -0.2) is 49.7 Å². The Hall–Kier alpha value is -1.10. The largest absolute Gasteiger partial charge is 0.490 e. The molecule has 2 rings (SSSR count). The molecule has 0 spiro atoms. The number of aliphatic hydroxyl groups excluding tert-OH is 1. The number of rotatable bonds is 7. The lowest BCUT2D eigenvalue weighted by molar-refractivity contribution is -0.918. The summed E-state index contributed by atoms with van der Waals surface area (Å²) >= 11 is 0. The summed E-state index contributed by atoms with van der Waals surface area (Å²) in [6.45, 7) is 11.5. The summed E-state index contributed by atoms with van der Waals surface area (Å²) < 4.78 is 11.7. The Balaban J connectivity index is 1.86. The van der Waals surface area contributed by atoms with Gasteiger partial charge in [-0.15, -0.1) is 0 Å². The number of morpholine rings is 1. The fraction of sp³-hybridized carbons (Fsp3) is 0.684. The summed E-state index contributed by atoms with van der Waals surface area (Å²) in [5.74, 6) is 1.37. The van der Waals surface area contributed by atoms with Gasteiger partial charge in [-0.3, -0.25) is 0 Å². The van der Waals surface area contributed by atoms with Crippen molar-refractivity contribution in [2.45, 2.75) is 58.3 Å². The molecule has 0 amide bonds. The fourth-order valence-corrected chi connectivity index (χ4v) is 3.37. The molecule has 1 aromatic rings. The quantitative estimate of drug-likeness (QED) is 0.802. The third-order valence-electron chi connectivity index (χ3n) is 4.63. The molecule has 1 aliphatic heterocycles. The lowest BCUT2D eigenvalue weighted by Gasteiger charge is -2.33. The predicted octanol–water partition coefficient (Wildman–Crippen LogP) is 1.63. The van der Waals surface area contributed by atoms with E-state index in [4.69, 9.17) is 9.47 Å². The van der Waals surface area contributed by atoms with Gasteiger partial charge in [0.1, 0.15) is 50.3 Å². The Morgan fingerprint density at radius 2 is 1.91 bits per heavy atom. The first-order chi connectivity index (χ1) is 11.0. The number of hydrogen-bond acceptors (Lipinski definition) is 3. The molecule has 0 aliphatic carbocycles. The van der Waals surface area contributed by atoms with Gasteiger partial charge in [-0.25, -0.2) is 0 Å². The zero-order valence-electron chi connectivity index (χ0n) is 14.9. The minimum Gasteiger partial charge on any atom is -0.490 e. The van der Waals surface area contributed by atoms with E-state index in [0.29, 0.717) is 19.1 Å². The van der Waals surface area contributed by atoms with Crippen molar-refractivity contribution >= 4 is 0 Å². The Bertz CT molecular complexity index is 469. The van der Waals surface area contributed by atoms with Crippen molar-refractivity contribution < 1.29 is 19.5 Å². The van der Waals surface area contributed by atoms with Crippen LogP contribution in [0.5, 0.6) is 5.75 Å². The van der Waals surface area contributed by atoms with E-state index in [-0.39, 0.29) is 12.2 Å². The molecule has 1 unspecified atom stereocenters. The molecule has 1 aromatic carbocycles. The zero-order valence-corrected chi connectivity index (χ0v) is 14.9. The lowest BCUT2D eigenvalue weighted by Crippen LogP contribution is -3.16. The second-order valence-corrected chi connectivity index (χ2v) is 6.93. The molecule has 1 saturated heterocycles. The van der Waals surface area contributed by atoms with Gasteiger partial charge in [0.2, 0.25) is 0 Å². The highest BCUT2D eigenvalue weighted by atomic mass is 16.5. The minimum absolute atomic E-state index is 0.257. The average molecular weight is 322 g/mol. The van der Waals surface area contributed by atoms with E-state index in [0.717, 1.165) is 25.3 Å². The number of aliphatic hydroxyl groups is 1. The Morgan fingerprint density at radius 1 is 1.26 bits per heavy atom. The SMILES string of the molecule is CC[C@H](C)c1ccccc1OC[C@H](O)C[NH+]1C[C@@H](C)O[C@@H](C)C1. The molecule has 1 fully saturated rings. The van der Waals surface area contributed by atoms with Crippen LogP contribution < -0.4 is 9.64 Å². The molecule has 0 aromatic heterocycles. The molecule has 1 heterocycles. The second kappa shape index (κ2) is 8.67. The van der Waals surface area contributed by atoms with Gasteiger partial charge in [-0.1, -0.05) is 32.0 Å². The highest BCUT2D eigenvalue weighted by Gasteiger charge is 2.27. The second-order valence-electron chi connectivity index (χ2n) is 6.93. The predicted molar refractivity (Wildman–Crippen MR) is 92.2 cm³/mol. The van der Waals surface area contributed by atoms with Gasteiger partial charge in [0.05, 0.1) is 0 Å². The van der Waals surface area contributed by atoms with Crippen LogP contribution in [0.2, 0.25) is 0 Å². The summed E-state index contributed by atoms with van der Waals surface area (Å²) in [5, 5.41) is 10.3. The number of ether oxygens (including phenoxy) is 2. The maximum Gasteiger partial charge on any atom is 0.137 e. The number of para-hydroxylation sites is 1. The summed E-state index contributed by atoms with van der Waals surface area (Å²) in [4.78, 5) is 1.39. The van der Waals surface area contributed by atoms with E-state index in [2.05, 4.69) is 33.8 Å². The van der Waals surface area contributed by atoms with Crippen LogP contribution in [0.15, 0.2) is 24.3 Å². The van der Waals surface area contributed by atoms with Crippen molar-refractivity contribution in [1.82, 2.24) is 0 Å². The third kappa shape index (κ3) is 5.48. The molecule has 0 bridgehead atoms. The van der Waals surface area contributed by atoms with E-state index >= 15 is 0 Å². The van der Waals surface area contributed by atoms with Gasteiger partial charge >= 0.3 is 0 Å². The molecular weight excluding hydrogens is 290 g/mol. The van der Waals surface area contributed by atoms with Crippen molar-refractivity contribution in [3.63, 3.8) is 0 Å². The topological polar surface area (TPSA) is 43.1 Å². The normalized spacial score (nSPS) is 27.4. The van der Waals surface area contributed by atoms with Crippen LogP contribution in [0.4, 0.5) is 0 Å². The monoisotopic (exact) mass is 322 g/mol. The van der Waals surface area contributed by atoms with E-state index in [1.165, 1.54) is 10.5 Å². The highest BCUT2D eigenvalue weighted by Crippen LogP contribution is 2.28. The summed E-state index contributed by atoms with van der Waals surface area (Å²) in [6.07, 6.45) is 1.14. The zero-order chi connectivity index (χ0) is 16.8. The van der Waals surface area contributed by atoms with Crippen LogP contribution in [0, 0.1) is 0 Å². The average Bonchev–Trinajstić information content (AvgIpc) is 2.51. The van der Waals surface area contributed by atoms with Crippen LogP contribution >= 0.6 is 0 Å². The third-order valence-corrected chi connectivity index (χ3v) is 4.63. The molecule has 0 radical (unpaired) electrons. The number of nitrogens with one attached hydrogen (secondary N) is 1. The Kier molecular flexibility index (Phi) is 6.88. The summed E-state index contributed by atoms with van der Waals surface area (Å²) in [5.41, 5.74) is 1.23. The van der Waals surface area contributed by atoms with Gasteiger partial charge in [0.15, 0.2) is 0 Å². The Morgan fingerprint density at radius 3 is 2.57 bits per heavy atom. The first-order valence-corrected chi connectivity index (χ1v) is 8.88. The van der Waals surface area contributed by atoms with Crippen LogP contribution in [0.25, 0.3) is 0 Å². The van der Waals surface area contributed by atoms with E-state index in [9.17, 15) is 5.11 Å². The smallest absolute Gasteiger partial charge is 0.137 e. The number of quaternary nitrogens is 1. The first kappa shape index (κ1) is 18.2. The number of hydrogen-bond donors (Lipinski definition) is 2. The van der Waals surface area contributed by atoms with Gasteiger partial charge in [-0.05, 0) is 37.8 Å². The van der Waals surface area contributed by atoms with Gasteiger partial charge in [0, 0.05) is 0 Å². The maximum atomic E-state index is 10.3. The molecule has 2 N–H and O–H groups in total. The van der Waals surface area contributed by atoms with Crippen LogP contribution in [0.3, 0.4) is 0 Å². The van der Waals surface area contributed by atoms with Crippen molar-refractivity contribution in [3.05, 3.63) is 29.8 Å². The lowest BCUT2D eigenvalue weighted by atomic mass is 9.98. The molecule has 23 heavy (non-hydrogen) atoms. The van der Waals surface area contributed by atoms with Crippen molar-refractivity contribution in [2.24, 2.45) is 0 Å². The molecule has 130 valence electrons. The van der Waals surface area contributed by atoms with Gasteiger partial charge in [0.25, 0.3) is 0 Å². The van der Waals surface area contributed by atoms with E-state index in [1.54, 1.807) is 0 Å². The molecule has 5 atom stereocenters. The molecular formula is C19H32NO3+. The molecule has 4 nitrogen and oxygen atoms in total. The van der Waals surface area contributed by atoms with E-state index in [1.807, 2.05) is 18.2 Å².